The van der Waals surface area contributed by atoms with E-state index in [9.17, 15) is 14.8 Å². The van der Waals surface area contributed by atoms with Crippen LogP contribution in [0.15, 0.2) is 35.1 Å². The Kier molecular flexibility index (Phi) is 5.11. The maximum Gasteiger partial charge on any atom is 0.285 e. The number of fused-ring (bicyclic) bond motifs is 1. The molecule has 0 bridgehead atoms. The molecule has 2 aromatic rings. The second kappa shape index (κ2) is 7.04. The Morgan fingerprint density at radius 3 is 2.76 bits per heavy atom. The van der Waals surface area contributed by atoms with E-state index in [1.54, 1.807) is 18.2 Å². The predicted octanol–water partition coefficient (Wildman–Crippen LogP) is 3.76. The number of hydrogen-bond acceptors (Lipinski definition) is 4. The minimum Gasteiger partial charge on any atom is -0.471 e. The summed E-state index contributed by atoms with van der Waals surface area (Å²) in [5.74, 6) is -1.29. The number of carbonyl (C=O) groups excluding carboxylic acids is 2. The van der Waals surface area contributed by atoms with Crippen molar-refractivity contribution in [2.24, 2.45) is 0 Å². The van der Waals surface area contributed by atoms with Gasteiger partial charge in [0.2, 0.25) is 0 Å². The summed E-state index contributed by atoms with van der Waals surface area (Å²) in [6, 6.07) is 5.04. The van der Waals surface area contributed by atoms with Crippen LogP contribution in [0, 0.1) is 0 Å². The Morgan fingerprint density at radius 2 is 2.00 bits per heavy atom. The molecule has 1 N–H and O–H groups in total. The SMILES string of the molecule is CCCCCCC(=O)N(O)C(=O)c1cccc2cocc12. The van der Waals surface area contributed by atoms with Gasteiger partial charge in [0.15, 0.2) is 0 Å². The second-order valence-electron chi connectivity index (χ2n) is 5.00. The van der Waals surface area contributed by atoms with Crippen molar-refractivity contribution in [2.45, 2.75) is 39.0 Å². The zero-order valence-corrected chi connectivity index (χ0v) is 12.0. The first-order valence-corrected chi connectivity index (χ1v) is 7.16. The van der Waals surface area contributed by atoms with Crippen LogP contribution in [0.3, 0.4) is 0 Å². The molecule has 0 unspecified atom stereocenters. The van der Waals surface area contributed by atoms with Gasteiger partial charge in [0.25, 0.3) is 11.8 Å². The van der Waals surface area contributed by atoms with E-state index >= 15 is 0 Å². The van der Waals surface area contributed by atoms with Crippen LogP contribution in [-0.2, 0) is 4.79 Å². The molecule has 5 heteroatoms. The van der Waals surface area contributed by atoms with Crippen molar-refractivity contribution in [1.29, 1.82) is 0 Å². The van der Waals surface area contributed by atoms with Gasteiger partial charge >= 0.3 is 0 Å². The molecule has 0 aliphatic carbocycles. The van der Waals surface area contributed by atoms with Gasteiger partial charge in [-0.2, -0.15) is 5.06 Å². The van der Waals surface area contributed by atoms with Crippen LogP contribution in [0.5, 0.6) is 0 Å². The quantitative estimate of drug-likeness (QED) is 0.499. The highest BCUT2D eigenvalue weighted by Gasteiger charge is 2.22. The Bertz CT molecular complexity index is 632. The largest absolute Gasteiger partial charge is 0.471 e. The third-order valence-corrected chi connectivity index (χ3v) is 3.42. The lowest BCUT2D eigenvalue weighted by atomic mass is 10.1. The number of hydrogen-bond donors (Lipinski definition) is 1. The third-order valence-electron chi connectivity index (χ3n) is 3.42. The molecule has 1 aromatic heterocycles. The molecule has 0 aliphatic heterocycles. The molecule has 0 saturated heterocycles. The number of furan rings is 1. The van der Waals surface area contributed by atoms with Gasteiger partial charge in [0.1, 0.15) is 0 Å². The van der Waals surface area contributed by atoms with E-state index < -0.39 is 11.8 Å². The number of unbranched alkanes of at least 4 members (excludes halogenated alkanes) is 3. The Morgan fingerprint density at radius 1 is 1.19 bits per heavy atom. The van der Waals surface area contributed by atoms with Crippen molar-refractivity contribution in [2.75, 3.05) is 0 Å². The van der Waals surface area contributed by atoms with Gasteiger partial charge in [-0.05, 0) is 12.5 Å². The molecule has 1 heterocycles. The van der Waals surface area contributed by atoms with Crippen LogP contribution in [0.4, 0.5) is 0 Å². The lowest BCUT2D eigenvalue weighted by Crippen LogP contribution is -2.33. The minimum absolute atomic E-state index is 0.170. The van der Waals surface area contributed by atoms with Crippen molar-refractivity contribution in [3.63, 3.8) is 0 Å². The number of benzene rings is 1. The second-order valence-corrected chi connectivity index (χ2v) is 5.00. The first kappa shape index (κ1) is 15.3. The van der Waals surface area contributed by atoms with Crippen molar-refractivity contribution in [1.82, 2.24) is 5.06 Å². The fraction of sp³-hybridized carbons (Fsp3) is 0.375. The highest BCUT2D eigenvalue weighted by Crippen LogP contribution is 2.21. The van der Waals surface area contributed by atoms with E-state index in [2.05, 4.69) is 6.92 Å². The monoisotopic (exact) mass is 289 g/mol. The summed E-state index contributed by atoms with van der Waals surface area (Å²) in [4.78, 5) is 24.0. The van der Waals surface area contributed by atoms with Gasteiger partial charge in [-0.15, -0.1) is 0 Å². The third kappa shape index (κ3) is 3.49. The maximum absolute atomic E-state index is 12.2. The number of imide groups is 1. The van der Waals surface area contributed by atoms with Gasteiger partial charge in [-0.25, -0.2) is 0 Å². The van der Waals surface area contributed by atoms with E-state index in [0.717, 1.165) is 24.6 Å². The standard InChI is InChI=1S/C16H19NO4/c1-2-3-4-5-9-15(18)17(20)16(19)13-8-6-7-12-10-21-11-14(12)13/h6-8,10-11,20H,2-5,9H2,1H3. The van der Waals surface area contributed by atoms with Crippen LogP contribution in [-0.4, -0.2) is 22.1 Å². The number of rotatable bonds is 6. The molecule has 2 amide bonds. The average molecular weight is 289 g/mol. The van der Waals surface area contributed by atoms with Crippen molar-refractivity contribution in [3.8, 4) is 0 Å². The normalized spacial score (nSPS) is 10.8. The number of carbonyl (C=O) groups is 2. The van der Waals surface area contributed by atoms with Crippen molar-refractivity contribution < 1.29 is 19.2 Å². The van der Waals surface area contributed by atoms with Gasteiger partial charge < -0.3 is 4.42 Å². The molecule has 21 heavy (non-hydrogen) atoms. The molecular formula is C16H19NO4. The highest BCUT2D eigenvalue weighted by molar-refractivity contribution is 6.11. The Balaban J connectivity index is 2.05. The summed E-state index contributed by atoms with van der Waals surface area (Å²) in [6.07, 6.45) is 6.82. The van der Waals surface area contributed by atoms with E-state index in [4.69, 9.17) is 4.42 Å². The van der Waals surface area contributed by atoms with E-state index in [1.165, 1.54) is 12.5 Å². The molecule has 112 valence electrons. The molecule has 0 aliphatic rings. The lowest BCUT2D eigenvalue weighted by Gasteiger charge is -2.13. The zero-order valence-electron chi connectivity index (χ0n) is 12.0. The summed E-state index contributed by atoms with van der Waals surface area (Å²) in [5.41, 5.74) is 0.255. The first-order valence-electron chi connectivity index (χ1n) is 7.16. The van der Waals surface area contributed by atoms with E-state index in [1.807, 2.05) is 0 Å². The number of amides is 2. The van der Waals surface area contributed by atoms with Gasteiger partial charge in [-0.3, -0.25) is 14.8 Å². The molecule has 0 saturated carbocycles. The van der Waals surface area contributed by atoms with Crippen molar-refractivity contribution in [3.05, 3.63) is 36.3 Å². The fourth-order valence-corrected chi connectivity index (χ4v) is 2.22. The average Bonchev–Trinajstić information content (AvgIpc) is 2.98. The molecule has 0 atom stereocenters. The van der Waals surface area contributed by atoms with Crippen LogP contribution in [0.25, 0.3) is 10.8 Å². The summed E-state index contributed by atoms with van der Waals surface area (Å²) < 4.78 is 5.05. The lowest BCUT2D eigenvalue weighted by molar-refractivity contribution is -0.153. The van der Waals surface area contributed by atoms with Crippen LogP contribution in [0.2, 0.25) is 0 Å². The van der Waals surface area contributed by atoms with E-state index in [0.29, 0.717) is 11.8 Å². The molecule has 5 nitrogen and oxygen atoms in total. The Hall–Kier alpha value is -2.14. The summed E-state index contributed by atoms with van der Waals surface area (Å²) in [5, 5.41) is 11.4. The van der Waals surface area contributed by atoms with Crippen LogP contribution < -0.4 is 0 Å². The van der Waals surface area contributed by atoms with Crippen LogP contribution >= 0.6 is 0 Å². The summed E-state index contributed by atoms with van der Waals surface area (Å²) in [7, 11) is 0. The Labute approximate surface area is 123 Å². The topological polar surface area (TPSA) is 70.8 Å². The molecule has 2 rings (SSSR count). The highest BCUT2D eigenvalue weighted by atomic mass is 16.5. The van der Waals surface area contributed by atoms with Gasteiger partial charge in [0, 0.05) is 17.2 Å². The molecule has 0 spiro atoms. The van der Waals surface area contributed by atoms with Crippen LogP contribution in [0.1, 0.15) is 49.4 Å². The first-order chi connectivity index (χ1) is 10.1. The summed E-state index contributed by atoms with van der Waals surface area (Å²) >= 11 is 0. The smallest absolute Gasteiger partial charge is 0.285 e. The number of nitrogens with zero attached hydrogens (tertiary/aromatic N) is 1. The van der Waals surface area contributed by atoms with Gasteiger partial charge in [0.05, 0.1) is 18.1 Å². The molecule has 0 radical (unpaired) electrons. The molecular weight excluding hydrogens is 270 g/mol. The van der Waals surface area contributed by atoms with Crippen molar-refractivity contribution >= 4 is 22.6 Å². The number of hydroxylamine groups is 2. The molecule has 1 aromatic carbocycles. The fourth-order valence-electron chi connectivity index (χ4n) is 2.22. The predicted molar refractivity (Wildman–Crippen MR) is 77.9 cm³/mol. The zero-order chi connectivity index (χ0) is 15.2. The minimum atomic E-state index is -0.720. The molecule has 0 fully saturated rings. The van der Waals surface area contributed by atoms with Gasteiger partial charge in [-0.1, -0.05) is 38.3 Å². The van der Waals surface area contributed by atoms with E-state index in [-0.39, 0.29) is 17.0 Å². The maximum atomic E-state index is 12.2. The summed E-state index contributed by atoms with van der Waals surface area (Å²) in [6.45, 7) is 2.08.